The van der Waals surface area contributed by atoms with Crippen LogP contribution in [0.5, 0.6) is 5.75 Å². The predicted molar refractivity (Wildman–Crippen MR) is 106 cm³/mol. The summed E-state index contributed by atoms with van der Waals surface area (Å²) in [5.74, 6) is 0.800. The number of aliphatic hydroxyl groups is 1. The van der Waals surface area contributed by atoms with Crippen molar-refractivity contribution in [3.63, 3.8) is 0 Å². The molecule has 0 amide bonds. The van der Waals surface area contributed by atoms with Gasteiger partial charge in [-0.3, -0.25) is 0 Å². The Balaban J connectivity index is 1.66. The lowest BCUT2D eigenvalue weighted by Gasteiger charge is -2.46. The van der Waals surface area contributed by atoms with Gasteiger partial charge in [-0.1, -0.05) is 15.9 Å². The Morgan fingerprint density at radius 3 is 2.12 bits per heavy atom. The van der Waals surface area contributed by atoms with Crippen molar-refractivity contribution in [3.8, 4) is 5.75 Å². The monoisotopic (exact) mass is 472 g/mol. The van der Waals surface area contributed by atoms with E-state index in [-0.39, 0.29) is 5.41 Å². The molecular formula is C19H26Br2N2O2. The maximum atomic E-state index is 11.5. The predicted octanol–water partition coefficient (Wildman–Crippen LogP) is 3.82. The van der Waals surface area contributed by atoms with E-state index in [1.54, 1.807) is 0 Å². The van der Waals surface area contributed by atoms with Gasteiger partial charge in [0.1, 0.15) is 5.75 Å². The summed E-state index contributed by atoms with van der Waals surface area (Å²) in [5.41, 5.74) is 0.646. The highest BCUT2D eigenvalue weighted by Crippen LogP contribution is 2.48. The molecule has 3 aliphatic rings. The topological polar surface area (TPSA) is 35.9 Å². The number of fused-ring (bicyclic) bond motifs is 1. The number of nitrogens with zero attached hydrogens (tertiary/aromatic N) is 2. The summed E-state index contributed by atoms with van der Waals surface area (Å²) in [6, 6.07) is 4.01. The minimum atomic E-state index is -0.508. The Labute approximate surface area is 166 Å². The van der Waals surface area contributed by atoms with Crippen molar-refractivity contribution >= 4 is 31.9 Å². The molecule has 1 aromatic carbocycles. The van der Waals surface area contributed by atoms with Gasteiger partial charge in [-0.2, -0.15) is 0 Å². The first kappa shape index (κ1) is 18.2. The number of halogens is 2. The molecule has 1 aromatic rings. The van der Waals surface area contributed by atoms with E-state index in [9.17, 15) is 5.11 Å². The molecule has 3 heterocycles. The largest absolute Gasteiger partial charge is 0.491 e. The van der Waals surface area contributed by atoms with Crippen LogP contribution in [0.25, 0.3) is 0 Å². The fourth-order valence-corrected chi connectivity index (χ4v) is 6.02. The van der Waals surface area contributed by atoms with Gasteiger partial charge in [0.15, 0.2) is 0 Å². The summed E-state index contributed by atoms with van der Waals surface area (Å²) >= 11 is 7.15. The van der Waals surface area contributed by atoms with Crippen molar-refractivity contribution in [1.82, 2.24) is 9.80 Å². The van der Waals surface area contributed by atoms with Crippen LogP contribution in [0.15, 0.2) is 21.1 Å². The van der Waals surface area contributed by atoms with Gasteiger partial charge < -0.3 is 19.6 Å². The molecule has 1 N–H and O–H groups in total. The molecule has 25 heavy (non-hydrogen) atoms. The lowest BCUT2D eigenvalue weighted by molar-refractivity contribution is -0.0656. The van der Waals surface area contributed by atoms with Crippen molar-refractivity contribution in [2.45, 2.75) is 31.8 Å². The van der Waals surface area contributed by atoms with Crippen molar-refractivity contribution in [3.05, 3.63) is 26.6 Å². The zero-order valence-electron chi connectivity index (χ0n) is 14.5. The van der Waals surface area contributed by atoms with E-state index in [1.807, 2.05) is 12.1 Å². The SMILES string of the molecule is OC1c2cc(Br)cc(Br)c2OCC1(CN1CCCC1)CN1CCCC1. The second-order valence-electron chi connectivity index (χ2n) is 7.83. The number of hydrogen-bond acceptors (Lipinski definition) is 4. The van der Waals surface area contributed by atoms with Crippen LogP contribution in [0, 0.1) is 5.41 Å². The van der Waals surface area contributed by atoms with Crippen LogP contribution < -0.4 is 4.74 Å². The Kier molecular flexibility index (Phi) is 5.45. The summed E-state index contributed by atoms with van der Waals surface area (Å²) in [7, 11) is 0. The summed E-state index contributed by atoms with van der Waals surface area (Å²) in [4.78, 5) is 5.03. The average Bonchev–Trinajstić information content (AvgIpc) is 3.25. The van der Waals surface area contributed by atoms with Gasteiger partial charge in [0.2, 0.25) is 0 Å². The van der Waals surface area contributed by atoms with Crippen LogP contribution in [0.1, 0.15) is 37.4 Å². The molecular weight excluding hydrogens is 448 g/mol. The lowest BCUT2D eigenvalue weighted by Crippen LogP contribution is -2.53. The third kappa shape index (κ3) is 3.65. The molecule has 4 nitrogen and oxygen atoms in total. The highest BCUT2D eigenvalue weighted by Gasteiger charge is 2.47. The van der Waals surface area contributed by atoms with E-state index in [1.165, 1.54) is 25.7 Å². The van der Waals surface area contributed by atoms with E-state index in [4.69, 9.17) is 4.74 Å². The smallest absolute Gasteiger partial charge is 0.139 e. The van der Waals surface area contributed by atoms with E-state index in [0.717, 1.165) is 59.5 Å². The first-order valence-corrected chi connectivity index (χ1v) is 10.9. The van der Waals surface area contributed by atoms with Crippen molar-refractivity contribution in [1.29, 1.82) is 0 Å². The van der Waals surface area contributed by atoms with Crippen LogP contribution in [0.3, 0.4) is 0 Å². The quantitative estimate of drug-likeness (QED) is 0.721. The van der Waals surface area contributed by atoms with E-state index < -0.39 is 6.10 Å². The van der Waals surface area contributed by atoms with Crippen molar-refractivity contribution < 1.29 is 9.84 Å². The fourth-order valence-electron chi connectivity index (χ4n) is 4.65. The third-order valence-electron chi connectivity index (χ3n) is 5.89. The highest BCUT2D eigenvalue weighted by atomic mass is 79.9. The van der Waals surface area contributed by atoms with Gasteiger partial charge in [0.05, 0.1) is 22.6 Å². The lowest BCUT2D eigenvalue weighted by atomic mass is 9.76. The number of ether oxygens (including phenoxy) is 1. The number of rotatable bonds is 4. The standard InChI is InChI=1S/C19H26Br2N2O2/c20-14-9-15-17(16(21)10-14)25-13-19(18(15)24,11-22-5-1-2-6-22)12-23-7-3-4-8-23/h9-10,18,24H,1-8,11-13H2. The maximum absolute atomic E-state index is 11.5. The van der Waals surface area contributed by atoms with Gasteiger partial charge in [-0.15, -0.1) is 0 Å². The molecule has 6 heteroatoms. The molecule has 0 aromatic heterocycles. The molecule has 0 saturated carbocycles. The summed E-state index contributed by atoms with van der Waals surface area (Å²) in [5, 5.41) is 11.5. The van der Waals surface area contributed by atoms with Gasteiger partial charge in [0, 0.05) is 23.1 Å². The first-order valence-electron chi connectivity index (χ1n) is 9.32. The zero-order chi connectivity index (χ0) is 17.4. The number of likely N-dealkylation sites (tertiary alicyclic amines) is 2. The Bertz CT molecular complexity index is 610. The average molecular weight is 474 g/mol. The van der Waals surface area contributed by atoms with Crippen LogP contribution in [-0.4, -0.2) is 60.8 Å². The molecule has 0 spiro atoms. The molecule has 2 fully saturated rings. The van der Waals surface area contributed by atoms with E-state index in [2.05, 4.69) is 41.7 Å². The first-order chi connectivity index (χ1) is 12.1. The number of benzene rings is 1. The van der Waals surface area contributed by atoms with E-state index in [0.29, 0.717) is 6.61 Å². The van der Waals surface area contributed by atoms with Crippen LogP contribution >= 0.6 is 31.9 Å². The molecule has 4 rings (SSSR count). The summed E-state index contributed by atoms with van der Waals surface area (Å²) in [6.45, 7) is 6.97. The van der Waals surface area contributed by atoms with E-state index >= 15 is 0 Å². The molecule has 0 aliphatic carbocycles. The maximum Gasteiger partial charge on any atom is 0.139 e. The zero-order valence-corrected chi connectivity index (χ0v) is 17.7. The van der Waals surface area contributed by atoms with Crippen LogP contribution in [0.4, 0.5) is 0 Å². The second kappa shape index (κ2) is 7.47. The third-order valence-corrected chi connectivity index (χ3v) is 6.94. The van der Waals surface area contributed by atoms with Crippen LogP contribution in [-0.2, 0) is 0 Å². The summed E-state index contributed by atoms with van der Waals surface area (Å²) < 4.78 is 8.12. The van der Waals surface area contributed by atoms with Gasteiger partial charge >= 0.3 is 0 Å². The number of aliphatic hydroxyl groups excluding tert-OH is 1. The Morgan fingerprint density at radius 1 is 1.00 bits per heavy atom. The Hall–Kier alpha value is -0.140. The van der Waals surface area contributed by atoms with Gasteiger partial charge in [0.25, 0.3) is 0 Å². The summed E-state index contributed by atoms with van der Waals surface area (Å²) in [6.07, 6.45) is 4.57. The minimum Gasteiger partial charge on any atom is -0.491 e. The van der Waals surface area contributed by atoms with Crippen LogP contribution in [0.2, 0.25) is 0 Å². The molecule has 1 atom stereocenters. The van der Waals surface area contributed by atoms with Gasteiger partial charge in [-0.25, -0.2) is 0 Å². The minimum absolute atomic E-state index is 0.262. The van der Waals surface area contributed by atoms with Gasteiger partial charge in [-0.05, 0) is 79.9 Å². The van der Waals surface area contributed by atoms with Crippen molar-refractivity contribution in [2.75, 3.05) is 45.9 Å². The van der Waals surface area contributed by atoms with Crippen molar-refractivity contribution in [2.24, 2.45) is 5.41 Å². The molecule has 0 bridgehead atoms. The fraction of sp³-hybridized carbons (Fsp3) is 0.684. The molecule has 1 unspecified atom stereocenters. The molecule has 2 saturated heterocycles. The molecule has 3 aliphatic heterocycles. The number of hydrogen-bond donors (Lipinski definition) is 1. The molecule has 0 radical (unpaired) electrons. The normalized spacial score (nSPS) is 26.6. The molecule has 138 valence electrons. The second-order valence-corrected chi connectivity index (χ2v) is 9.60. The Morgan fingerprint density at radius 2 is 1.56 bits per heavy atom. The highest BCUT2D eigenvalue weighted by molar-refractivity contribution is 9.11.